The van der Waals surface area contributed by atoms with Crippen LogP contribution in [0.5, 0.6) is 11.5 Å². The minimum atomic E-state index is -0.181. The van der Waals surface area contributed by atoms with Crippen LogP contribution in [0.15, 0.2) is 87.9 Å². The van der Waals surface area contributed by atoms with E-state index >= 15 is 0 Å². The molecule has 0 aliphatic heterocycles. The lowest BCUT2D eigenvalue weighted by molar-refractivity contribution is 0.281. The molecule has 0 radical (unpaired) electrons. The Morgan fingerprint density at radius 2 is 1.63 bits per heavy atom. The summed E-state index contributed by atoms with van der Waals surface area (Å²) >= 11 is 3.52. The van der Waals surface area contributed by atoms with Crippen LogP contribution >= 0.6 is 15.9 Å². The van der Waals surface area contributed by atoms with Gasteiger partial charge in [-0.05, 0) is 36.4 Å². The maximum absolute atomic E-state index is 9.96. The summed E-state index contributed by atoms with van der Waals surface area (Å²) in [6.07, 6.45) is 0. The van der Waals surface area contributed by atoms with E-state index in [-0.39, 0.29) is 6.61 Å². The number of rotatable bonds is 5. The van der Waals surface area contributed by atoms with Gasteiger partial charge >= 0.3 is 0 Å². The highest BCUT2D eigenvalue weighted by Gasteiger charge is 2.20. The third-order valence-corrected chi connectivity index (χ3v) is 4.84. The van der Waals surface area contributed by atoms with Crippen molar-refractivity contribution in [3.05, 3.63) is 88.9 Å². The zero-order valence-corrected chi connectivity index (χ0v) is 15.9. The van der Waals surface area contributed by atoms with Gasteiger partial charge in [0.05, 0.1) is 12.2 Å². The average Bonchev–Trinajstić information content (AvgIpc) is 3.13. The molecule has 27 heavy (non-hydrogen) atoms. The van der Waals surface area contributed by atoms with Gasteiger partial charge in [0.15, 0.2) is 5.76 Å². The summed E-state index contributed by atoms with van der Waals surface area (Å²) < 4.78 is 12.4. The lowest BCUT2D eigenvalue weighted by Crippen LogP contribution is -1.90. The summed E-state index contributed by atoms with van der Waals surface area (Å²) in [4.78, 5) is 0. The van der Waals surface area contributed by atoms with E-state index in [1.54, 1.807) is 0 Å². The monoisotopic (exact) mass is 421 g/mol. The molecule has 0 aliphatic rings. The molecule has 0 aliphatic carbocycles. The minimum absolute atomic E-state index is 0.181. The first kappa shape index (κ1) is 17.5. The second-order valence-electron chi connectivity index (χ2n) is 5.92. The Kier molecular flexibility index (Phi) is 5.05. The third-order valence-electron chi connectivity index (χ3n) is 4.15. The van der Waals surface area contributed by atoms with Gasteiger partial charge in [0, 0.05) is 15.6 Å². The van der Waals surface area contributed by atoms with E-state index in [4.69, 9.17) is 9.26 Å². The van der Waals surface area contributed by atoms with Gasteiger partial charge in [-0.2, -0.15) is 0 Å². The van der Waals surface area contributed by atoms with Crippen LogP contribution < -0.4 is 4.74 Å². The molecule has 1 aromatic heterocycles. The average molecular weight is 422 g/mol. The van der Waals surface area contributed by atoms with Crippen LogP contribution in [0.2, 0.25) is 0 Å². The van der Waals surface area contributed by atoms with Crippen LogP contribution in [-0.4, -0.2) is 10.3 Å². The quantitative estimate of drug-likeness (QED) is 0.425. The van der Waals surface area contributed by atoms with Crippen molar-refractivity contribution in [1.29, 1.82) is 0 Å². The van der Waals surface area contributed by atoms with Crippen LogP contribution in [0.3, 0.4) is 0 Å². The number of aromatic nitrogens is 1. The maximum Gasteiger partial charge on any atom is 0.174 e. The van der Waals surface area contributed by atoms with Crippen molar-refractivity contribution in [2.24, 2.45) is 0 Å². The Morgan fingerprint density at radius 1 is 0.889 bits per heavy atom. The van der Waals surface area contributed by atoms with E-state index in [0.717, 1.165) is 21.3 Å². The number of para-hydroxylation sites is 1. The summed E-state index contributed by atoms with van der Waals surface area (Å²) in [6.45, 7) is -0.181. The number of aliphatic hydroxyl groups excluding tert-OH is 1. The molecule has 4 rings (SSSR count). The van der Waals surface area contributed by atoms with Gasteiger partial charge in [0.25, 0.3) is 0 Å². The molecule has 1 heterocycles. The predicted octanol–water partition coefficient (Wildman–Crippen LogP) is 6.06. The number of halogens is 1. The van der Waals surface area contributed by atoms with Gasteiger partial charge in [-0.1, -0.05) is 63.6 Å². The molecule has 0 spiro atoms. The topological polar surface area (TPSA) is 55.5 Å². The minimum Gasteiger partial charge on any atom is -0.457 e. The molecule has 4 aromatic rings. The molecule has 0 unspecified atom stereocenters. The number of hydrogen-bond acceptors (Lipinski definition) is 4. The normalized spacial score (nSPS) is 10.7. The molecule has 3 aromatic carbocycles. The smallest absolute Gasteiger partial charge is 0.174 e. The van der Waals surface area contributed by atoms with Crippen LogP contribution in [-0.2, 0) is 6.61 Å². The lowest BCUT2D eigenvalue weighted by atomic mass is 10.0. The fourth-order valence-corrected chi connectivity index (χ4v) is 3.34. The summed E-state index contributed by atoms with van der Waals surface area (Å²) in [5.41, 5.74) is 2.90. The molecule has 0 saturated carbocycles. The van der Waals surface area contributed by atoms with E-state index in [0.29, 0.717) is 22.8 Å². The number of aliphatic hydroxyl groups is 1. The van der Waals surface area contributed by atoms with Crippen LogP contribution in [0.4, 0.5) is 0 Å². The van der Waals surface area contributed by atoms with Gasteiger partial charge in [0.1, 0.15) is 17.2 Å². The number of ether oxygens (including phenoxy) is 1. The van der Waals surface area contributed by atoms with E-state index in [1.165, 1.54) is 0 Å². The molecule has 4 nitrogen and oxygen atoms in total. The summed E-state index contributed by atoms with van der Waals surface area (Å²) in [7, 11) is 0. The van der Waals surface area contributed by atoms with Crippen molar-refractivity contribution in [1.82, 2.24) is 5.16 Å². The fraction of sp³-hybridized carbons (Fsp3) is 0.0455. The van der Waals surface area contributed by atoms with Gasteiger partial charge in [-0.15, -0.1) is 0 Å². The van der Waals surface area contributed by atoms with Crippen LogP contribution in [0, 0.1) is 0 Å². The molecule has 0 atom stereocenters. The third kappa shape index (κ3) is 3.65. The van der Waals surface area contributed by atoms with Crippen molar-refractivity contribution in [3.63, 3.8) is 0 Å². The highest BCUT2D eigenvalue weighted by Crippen LogP contribution is 2.37. The first-order valence-electron chi connectivity index (χ1n) is 8.44. The van der Waals surface area contributed by atoms with Crippen molar-refractivity contribution in [2.75, 3.05) is 0 Å². The molecular weight excluding hydrogens is 406 g/mol. The van der Waals surface area contributed by atoms with E-state index in [2.05, 4.69) is 21.1 Å². The number of nitrogens with zero attached hydrogens (tertiary/aromatic N) is 1. The van der Waals surface area contributed by atoms with Crippen LogP contribution in [0.1, 0.15) is 5.56 Å². The summed E-state index contributed by atoms with van der Waals surface area (Å²) in [5, 5.41) is 14.2. The summed E-state index contributed by atoms with van der Waals surface area (Å²) in [5.74, 6) is 1.99. The standard InChI is InChI=1S/C22H16BrNO3/c23-20-12-5-4-11-18(20)22-19(14-25)21(24-27-22)15-7-6-10-17(13-15)26-16-8-2-1-3-9-16/h1-13,25H,14H2. The Hall–Kier alpha value is -2.89. The molecule has 5 heteroatoms. The molecule has 0 bridgehead atoms. The molecular formula is C22H16BrNO3. The van der Waals surface area contributed by atoms with Crippen molar-refractivity contribution in [2.45, 2.75) is 6.61 Å². The zero-order chi connectivity index (χ0) is 18.6. The molecule has 0 saturated heterocycles. The van der Waals surface area contributed by atoms with E-state index in [9.17, 15) is 5.11 Å². The Labute approximate surface area is 165 Å². The highest BCUT2D eigenvalue weighted by atomic mass is 79.9. The lowest BCUT2D eigenvalue weighted by Gasteiger charge is -2.07. The largest absolute Gasteiger partial charge is 0.457 e. The molecule has 134 valence electrons. The Balaban J connectivity index is 1.72. The fourth-order valence-electron chi connectivity index (χ4n) is 2.87. The molecule has 0 fully saturated rings. The molecule has 1 N–H and O–H groups in total. The second-order valence-corrected chi connectivity index (χ2v) is 6.77. The number of benzene rings is 3. The summed E-state index contributed by atoms with van der Waals surface area (Å²) in [6, 6.07) is 24.8. The van der Waals surface area contributed by atoms with Gasteiger partial charge in [-0.3, -0.25) is 0 Å². The van der Waals surface area contributed by atoms with Crippen molar-refractivity contribution < 1.29 is 14.4 Å². The van der Waals surface area contributed by atoms with Gasteiger partial charge in [-0.25, -0.2) is 0 Å². The Bertz CT molecular complexity index is 1060. The zero-order valence-electron chi connectivity index (χ0n) is 14.3. The van der Waals surface area contributed by atoms with Crippen LogP contribution in [0.25, 0.3) is 22.6 Å². The van der Waals surface area contributed by atoms with E-state index in [1.807, 2.05) is 78.9 Å². The highest BCUT2D eigenvalue weighted by molar-refractivity contribution is 9.10. The number of hydrogen-bond donors (Lipinski definition) is 1. The van der Waals surface area contributed by atoms with Gasteiger partial charge in [0.2, 0.25) is 0 Å². The predicted molar refractivity (Wildman–Crippen MR) is 108 cm³/mol. The van der Waals surface area contributed by atoms with Gasteiger partial charge < -0.3 is 14.4 Å². The van der Waals surface area contributed by atoms with E-state index < -0.39 is 0 Å². The maximum atomic E-state index is 9.96. The Morgan fingerprint density at radius 3 is 2.41 bits per heavy atom. The first-order chi connectivity index (χ1) is 13.3. The van der Waals surface area contributed by atoms with Crippen molar-refractivity contribution >= 4 is 15.9 Å². The first-order valence-corrected chi connectivity index (χ1v) is 9.23. The molecule has 0 amide bonds. The second kappa shape index (κ2) is 7.78. The SMILES string of the molecule is OCc1c(-c2cccc(Oc3ccccc3)c2)noc1-c1ccccc1Br. The van der Waals surface area contributed by atoms with Crippen molar-refractivity contribution in [3.8, 4) is 34.1 Å².